The molecule has 0 atom stereocenters. The Labute approximate surface area is 144 Å². The minimum absolute atomic E-state index is 0.107. The number of hydrogen-bond acceptors (Lipinski definition) is 3. The van der Waals surface area contributed by atoms with Crippen molar-refractivity contribution in [3.63, 3.8) is 0 Å². The number of hydrogen-bond donors (Lipinski definition) is 2. The van der Waals surface area contributed by atoms with Crippen molar-refractivity contribution in [3.8, 4) is 5.75 Å². The average Bonchev–Trinajstić information content (AvgIpc) is 3.02. The maximum absolute atomic E-state index is 13.3. The lowest BCUT2D eigenvalue weighted by Gasteiger charge is -2.07. The molecule has 2 aromatic carbocycles. The van der Waals surface area contributed by atoms with Crippen molar-refractivity contribution in [2.24, 2.45) is 5.10 Å². The third-order valence-corrected chi connectivity index (χ3v) is 3.62. The quantitative estimate of drug-likeness (QED) is 0.555. The third kappa shape index (κ3) is 4.11. The average molecular weight is 337 g/mol. The fourth-order valence-corrected chi connectivity index (χ4v) is 2.40. The van der Waals surface area contributed by atoms with E-state index in [2.05, 4.69) is 10.5 Å². The van der Waals surface area contributed by atoms with E-state index in [-0.39, 0.29) is 17.1 Å². The van der Waals surface area contributed by atoms with Crippen LogP contribution in [-0.2, 0) is 6.54 Å². The van der Waals surface area contributed by atoms with Crippen LogP contribution in [0.2, 0.25) is 0 Å². The number of rotatable bonds is 5. The van der Waals surface area contributed by atoms with Crippen molar-refractivity contribution in [2.75, 3.05) is 0 Å². The van der Waals surface area contributed by atoms with Crippen LogP contribution in [-0.4, -0.2) is 21.8 Å². The first-order chi connectivity index (χ1) is 12.1. The van der Waals surface area contributed by atoms with E-state index < -0.39 is 5.91 Å². The molecule has 6 heteroatoms. The normalized spacial score (nSPS) is 10.9. The van der Waals surface area contributed by atoms with Gasteiger partial charge in [-0.25, -0.2) is 9.82 Å². The molecule has 126 valence electrons. The minimum atomic E-state index is -0.502. The third-order valence-electron chi connectivity index (χ3n) is 3.62. The van der Waals surface area contributed by atoms with Crippen molar-refractivity contribution in [1.82, 2.24) is 9.99 Å². The van der Waals surface area contributed by atoms with Crippen molar-refractivity contribution < 1.29 is 14.3 Å². The highest BCUT2D eigenvalue weighted by molar-refractivity contribution is 5.97. The summed E-state index contributed by atoms with van der Waals surface area (Å²) in [5, 5.41) is 13.6. The monoisotopic (exact) mass is 337 g/mol. The molecule has 0 radical (unpaired) electrons. The molecule has 0 aliphatic carbocycles. The van der Waals surface area contributed by atoms with Gasteiger partial charge in [0.1, 0.15) is 11.6 Å². The van der Waals surface area contributed by atoms with Gasteiger partial charge in [0.15, 0.2) is 0 Å². The van der Waals surface area contributed by atoms with E-state index in [0.29, 0.717) is 6.54 Å². The van der Waals surface area contributed by atoms with Crippen LogP contribution < -0.4 is 5.43 Å². The second-order valence-electron chi connectivity index (χ2n) is 5.41. The van der Waals surface area contributed by atoms with Gasteiger partial charge in [-0.3, -0.25) is 4.79 Å². The molecular weight excluding hydrogens is 321 g/mol. The standard InChI is InChI=1S/C19H16FN3O2/c20-15-6-3-5-14(11-15)13-23-10-4-7-16(23)12-21-22-19(25)17-8-1-2-9-18(17)24/h1-12,24H,13H2,(H,22,25)/b21-12+. The van der Waals surface area contributed by atoms with Crippen molar-refractivity contribution in [1.29, 1.82) is 0 Å². The summed E-state index contributed by atoms with van der Waals surface area (Å²) in [5.74, 6) is -0.892. The van der Waals surface area contributed by atoms with E-state index in [1.54, 1.807) is 18.2 Å². The zero-order valence-corrected chi connectivity index (χ0v) is 13.3. The number of nitrogens with one attached hydrogen (secondary N) is 1. The summed E-state index contributed by atoms with van der Waals surface area (Å²) < 4.78 is 15.2. The van der Waals surface area contributed by atoms with Crippen LogP contribution in [0.5, 0.6) is 5.75 Å². The number of aromatic hydroxyl groups is 1. The molecule has 5 nitrogen and oxygen atoms in total. The van der Waals surface area contributed by atoms with Gasteiger partial charge in [0.05, 0.1) is 17.5 Å². The largest absolute Gasteiger partial charge is 0.507 e. The number of amides is 1. The number of carbonyl (C=O) groups excluding carboxylic acids is 1. The number of nitrogens with zero attached hydrogens (tertiary/aromatic N) is 2. The summed E-state index contributed by atoms with van der Waals surface area (Å²) in [7, 11) is 0. The highest BCUT2D eigenvalue weighted by atomic mass is 19.1. The molecule has 3 aromatic rings. The van der Waals surface area contributed by atoms with E-state index in [0.717, 1.165) is 11.3 Å². The van der Waals surface area contributed by atoms with Gasteiger partial charge < -0.3 is 9.67 Å². The maximum Gasteiger partial charge on any atom is 0.275 e. The molecular formula is C19H16FN3O2. The molecule has 1 heterocycles. The molecule has 3 rings (SSSR count). The Bertz CT molecular complexity index is 918. The smallest absolute Gasteiger partial charge is 0.275 e. The molecule has 0 unspecified atom stereocenters. The van der Waals surface area contributed by atoms with Gasteiger partial charge in [0.25, 0.3) is 5.91 Å². The van der Waals surface area contributed by atoms with Gasteiger partial charge >= 0.3 is 0 Å². The van der Waals surface area contributed by atoms with E-state index in [1.807, 2.05) is 29.0 Å². The zero-order chi connectivity index (χ0) is 17.6. The van der Waals surface area contributed by atoms with Crippen LogP contribution in [0.1, 0.15) is 21.6 Å². The maximum atomic E-state index is 13.3. The van der Waals surface area contributed by atoms with Gasteiger partial charge in [-0.05, 0) is 42.0 Å². The number of phenolic OH excluding ortho intramolecular Hbond substituents is 1. The van der Waals surface area contributed by atoms with Crippen molar-refractivity contribution in [2.45, 2.75) is 6.54 Å². The fourth-order valence-electron chi connectivity index (χ4n) is 2.40. The lowest BCUT2D eigenvalue weighted by atomic mass is 10.2. The van der Waals surface area contributed by atoms with Gasteiger partial charge in [0.2, 0.25) is 0 Å². The Morgan fingerprint density at radius 2 is 2.00 bits per heavy atom. The van der Waals surface area contributed by atoms with Crippen molar-refractivity contribution in [3.05, 3.63) is 89.5 Å². The zero-order valence-electron chi connectivity index (χ0n) is 13.3. The van der Waals surface area contributed by atoms with Crippen LogP contribution >= 0.6 is 0 Å². The first-order valence-corrected chi connectivity index (χ1v) is 7.64. The highest BCUT2D eigenvalue weighted by Crippen LogP contribution is 2.15. The van der Waals surface area contributed by atoms with E-state index >= 15 is 0 Å². The molecule has 0 aliphatic rings. The van der Waals surface area contributed by atoms with Gasteiger partial charge in [-0.15, -0.1) is 0 Å². The van der Waals surface area contributed by atoms with E-state index in [9.17, 15) is 14.3 Å². The minimum Gasteiger partial charge on any atom is -0.507 e. The summed E-state index contributed by atoms with van der Waals surface area (Å²) in [6.45, 7) is 0.486. The Morgan fingerprint density at radius 1 is 1.16 bits per heavy atom. The molecule has 0 bridgehead atoms. The number of halogens is 1. The molecule has 0 saturated heterocycles. The summed E-state index contributed by atoms with van der Waals surface area (Å²) in [5.41, 5.74) is 4.10. The van der Waals surface area contributed by atoms with Crippen LogP contribution in [0.4, 0.5) is 4.39 Å². The Morgan fingerprint density at radius 3 is 2.80 bits per heavy atom. The first-order valence-electron chi connectivity index (χ1n) is 7.64. The van der Waals surface area contributed by atoms with Crippen LogP contribution in [0.25, 0.3) is 0 Å². The van der Waals surface area contributed by atoms with Gasteiger partial charge in [0, 0.05) is 12.7 Å². The van der Waals surface area contributed by atoms with Gasteiger partial charge in [-0.2, -0.15) is 5.10 Å². The summed E-state index contributed by atoms with van der Waals surface area (Å²) in [4.78, 5) is 12.0. The summed E-state index contributed by atoms with van der Waals surface area (Å²) in [6, 6.07) is 16.3. The predicted octanol–water partition coefficient (Wildman–Crippen LogP) is 3.15. The predicted molar refractivity (Wildman–Crippen MR) is 93.1 cm³/mol. The highest BCUT2D eigenvalue weighted by Gasteiger charge is 2.08. The number of hydrazone groups is 1. The summed E-state index contributed by atoms with van der Waals surface area (Å²) >= 11 is 0. The van der Waals surface area contributed by atoms with E-state index in [4.69, 9.17) is 0 Å². The molecule has 2 N–H and O–H groups in total. The number of para-hydroxylation sites is 1. The SMILES string of the molecule is O=C(N/N=C/c1cccn1Cc1cccc(F)c1)c1ccccc1O. The molecule has 0 fully saturated rings. The molecule has 1 aromatic heterocycles. The van der Waals surface area contributed by atoms with Crippen molar-refractivity contribution >= 4 is 12.1 Å². The topological polar surface area (TPSA) is 66.6 Å². The van der Waals surface area contributed by atoms with Crippen LogP contribution in [0.15, 0.2) is 72.0 Å². The lowest BCUT2D eigenvalue weighted by molar-refractivity contribution is 0.0952. The Hall–Kier alpha value is -3.41. The summed E-state index contributed by atoms with van der Waals surface area (Å²) in [6.07, 6.45) is 3.34. The van der Waals surface area contributed by atoms with E-state index in [1.165, 1.54) is 30.5 Å². The van der Waals surface area contributed by atoms with Crippen LogP contribution in [0.3, 0.4) is 0 Å². The lowest BCUT2D eigenvalue weighted by Crippen LogP contribution is -2.18. The molecule has 1 amide bonds. The Balaban J connectivity index is 1.68. The number of phenols is 1. The van der Waals surface area contributed by atoms with Crippen LogP contribution in [0, 0.1) is 5.82 Å². The molecule has 0 aliphatic heterocycles. The second kappa shape index (κ2) is 7.44. The van der Waals surface area contributed by atoms with Gasteiger partial charge in [-0.1, -0.05) is 24.3 Å². The molecule has 0 saturated carbocycles. The number of aromatic nitrogens is 1. The molecule has 0 spiro atoms. The fraction of sp³-hybridized carbons (Fsp3) is 0.0526. The Kier molecular flexibility index (Phi) is 4.89. The second-order valence-corrected chi connectivity index (χ2v) is 5.41. The number of carbonyl (C=O) groups is 1. The molecule has 25 heavy (non-hydrogen) atoms. The first kappa shape index (κ1) is 16.4. The number of benzene rings is 2.